The molecule has 2 saturated heterocycles. The fourth-order valence-corrected chi connectivity index (χ4v) is 6.67. The molecule has 2 fully saturated rings. The van der Waals surface area contributed by atoms with Crippen molar-refractivity contribution in [1.29, 1.82) is 0 Å². The summed E-state index contributed by atoms with van der Waals surface area (Å²) in [4.78, 5) is 17.3. The van der Waals surface area contributed by atoms with E-state index in [1.54, 1.807) is 0 Å². The lowest BCUT2D eigenvalue weighted by Crippen LogP contribution is -2.52. The first-order valence-electron chi connectivity index (χ1n) is 12.6. The van der Waals surface area contributed by atoms with E-state index in [0.717, 1.165) is 24.1 Å². The second-order valence-corrected chi connectivity index (χ2v) is 10.4. The number of hydrogen-bond acceptors (Lipinski definition) is 4. The van der Waals surface area contributed by atoms with Crippen LogP contribution in [0, 0.1) is 0 Å². The number of carbonyl (C=O) groups excluding carboxylic acids is 1. The fourth-order valence-electron chi connectivity index (χ4n) is 6.67. The lowest BCUT2D eigenvalue weighted by molar-refractivity contribution is -0.0527. The highest BCUT2D eigenvalue weighted by molar-refractivity contribution is 5.79. The molecule has 6 rings (SSSR count). The van der Waals surface area contributed by atoms with Crippen molar-refractivity contribution in [3.05, 3.63) is 89.5 Å². The first-order chi connectivity index (χ1) is 17.0. The molecule has 2 aliphatic heterocycles. The van der Waals surface area contributed by atoms with Gasteiger partial charge < -0.3 is 19.6 Å². The molecule has 0 spiro atoms. The van der Waals surface area contributed by atoms with E-state index in [-0.39, 0.29) is 24.1 Å². The van der Waals surface area contributed by atoms with Gasteiger partial charge in [0.1, 0.15) is 6.61 Å². The van der Waals surface area contributed by atoms with Crippen LogP contribution in [0.1, 0.15) is 48.3 Å². The van der Waals surface area contributed by atoms with Crippen LogP contribution in [-0.2, 0) is 10.3 Å². The Labute approximate surface area is 206 Å². The molecule has 5 heteroatoms. The Hall–Kier alpha value is -3.31. The standard InChI is InChI=1S/C30H32N2O3/c1-31(2)28-14-8-7-13-27(28)30(34)17-20-15-16-21(18-30)32(20)29(33)35-19-26-24-11-5-3-9-22(24)23-10-4-6-12-25(23)26/h3-14,20-21,26,34H,15-19H2,1-2H3. The van der Waals surface area contributed by atoms with E-state index in [4.69, 9.17) is 4.74 Å². The summed E-state index contributed by atoms with van der Waals surface area (Å²) in [6, 6.07) is 24.8. The summed E-state index contributed by atoms with van der Waals surface area (Å²) in [7, 11) is 4.01. The number of aliphatic hydroxyl groups is 1. The van der Waals surface area contributed by atoms with Crippen molar-refractivity contribution in [2.45, 2.75) is 49.3 Å². The molecule has 0 saturated carbocycles. The van der Waals surface area contributed by atoms with Crippen LogP contribution in [0.15, 0.2) is 72.8 Å². The number of nitrogens with zero attached hydrogens (tertiary/aromatic N) is 2. The van der Waals surface area contributed by atoms with Gasteiger partial charge in [-0.05, 0) is 41.2 Å². The van der Waals surface area contributed by atoms with Gasteiger partial charge in [0, 0.05) is 56.2 Å². The summed E-state index contributed by atoms with van der Waals surface area (Å²) in [5, 5.41) is 11.8. The predicted molar refractivity (Wildman–Crippen MR) is 138 cm³/mol. The first-order valence-corrected chi connectivity index (χ1v) is 12.6. The quantitative estimate of drug-likeness (QED) is 0.548. The maximum Gasteiger partial charge on any atom is 0.410 e. The van der Waals surface area contributed by atoms with Gasteiger partial charge >= 0.3 is 6.09 Å². The maximum absolute atomic E-state index is 13.4. The number of benzene rings is 3. The van der Waals surface area contributed by atoms with E-state index in [1.165, 1.54) is 22.3 Å². The average molecular weight is 469 g/mol. The number of hydrogen-bond donors (Lipinski definition) is 1. The molecule has 0 radical (unpaired) electrons. The molecule has 3 aromatic rings. The zero-order valence-corrected chi connectivity index (χ0v) is 20.4. The van der Waals surface area contributed by atoms with Gasteiger partial charge in [0.2, 0.25) is 0 Å². The summed E-state index contributed by atoms with van der Waals surface area (Å²) < 4.78 is 5.99. The summed E-state index contributed by atoms with van der Waals surface area (Å²) in [5.74, 6) is 0.0534. The molecule has 3 aromatic carbocycles. The second kappa shape index (κ2) is 8.42. The Morgan fingerprint density at radius 3 is 2.06 bits per heavy atom. The molecule has 0 aromatic heterocycles. The summed E-state index contributed by atoms with van der Waals surface area (Å²) in [6.07, 6.45) is 2.64. The van der Waals surface area contributed by atoms with Gasteiger partial charge in [-0.1, -0.05) is 66.7 Å². The van der Waals surface area contributed by atoms with Crippen molar-refractivity contribution in [3.63, 3.8) is 0 Å². The van der Waals surface area contributed by atoms with E-state index in [0.29, 0.717) is 19.4 Å². The van der Waals surface area contributed by atoms with Crippen molar-refractivity contribution in [3.8, 4) is 11.1 Å². The van der Waals surface area contributed by atoms with Crippen molar-refractivity contribution < 1.29 is 14.6 Å². The van der Waals surface area contributed by atoms with Crippen LogP contribution in [-0.4, -0.2) is 48.9 Å². The van der Waals surface area contributed by atoms with E-state index >= 15 is 0 Å². The molecule has 1 N–H and O–H groups in total. The largest absolute Gasteiger partial charge is 0.448 e. The number of carbonyl (C=O) groups is 1. The van der Waals surface area contributed by atoms with Gasteiger partial charge in [0.25, 0.3) is 0 Å². The number of ether oxygens (including phenoxy) is 1. The Morgan fingerprint density at radius 1 is 0.914 bits per heavy atom. The monoisotopic (exact) mass is 468 g/mol. The number of piperidine rings is 1. The number of anilines is 1. The molecular formula is C30H32N2O3. The molecular weight excluding hydrogens is 436 g/mol. The lowest BCUT2D eigenvalue weighted by Gasteiger charge is -2.44. The third-order valence-corrected chi connectivity index (χ3v) is 8.20. The van der Waals surface area contributed by atoms with Crippen molar-refractivity contribution in [1.82, 2.24) is 4.90 Å². The number of amides is 1. The third-order valence-electron chi connectivity index (χ3n) is 8.20. The number of para-hydroxylation sites is 1. The zero-order valence-electron chi connectivity index (χ0n) is 20.4. The normalized spacial score (nSPS) is 24.7. The van der Waals surface area contributed by atoms with E-state index in [1.807, 2.05) is 48.2 Å². The Bertz CT molecular complexity index is 1210. The van der Waals surface area contributed by atoms with Gasteiger partial charge in [-0.15, -0.1) is 0 Å². The Balaban J connectivity index is 1.20. The van der Waals surface area contributed by atoms with Crippen molar-refractivity contribution >= 4 is 11.8 Å². The molecule has 2 heterocycles. The molecule has 1 amide bonds. The molecule has 2 unspecified atom stereocenters. The van der Waals surface area contributed by atoms with E-state index in [9.17, 15) is 9.90 Å². The van der Waals surface area contributed by atoms with Crippen LogP contribution in [0.25, 0.3) is 11.1 Å². The minimum atomic E-state index is -0.938. The van der Waals surface area contributed by atoms with Crippen molar-refractivity contribution in [2.24, 2.45) is 0 Å². The van der Waals surface area contributed by atoms with Gasteiger partial charge in [-0.25, -0.2) is 4.79 Å². The first kappa shape index (κ1) is 22.2. The molecule has 2 bridgehead atoms. The number of rotatable bonds is 4. The van der Waals surface area contributed by atoms with Crippen LogP contribution < -0.4 is 4.90 Å². The predicted octanol–water partition coefficient (Wildman–Crippen LogP) is 5.52. The van der Waals surface area contributed by atoms with Crippen LogP contribution in [0.3, 0.4) is 0 Å². The van der Waals surface area contributed by atoms with Crippen LogP contribution in [0.5, 0.6) is 0 Å². The fraction of sp³-hybridized carbons (Fsp3) is 0.367. The minimum Gasteiger partial charge on any atom is -0.448 e. The highest BCUT2D eigenvalue weighted by atomic mass is 16.6. The average Bonchev–Trinajstić information content (AvgIpc) is 3.34. The summed E-state index contributed by atoms with van der Waals surface area (Å²) >= 11 is 0. The topological polar surface area (TPSA) is 53.0 Å². The van der Waals surface area contributed by atoms with Crippen LogP contribution in [0.4, 0.5) is 10.5 Å². The van der Waals surface area contributed by atoms with Crippen LogP contribution >= 0.6 is 0 Å². The molecule has 5 nitrogen and oxygen atoms in total. The lowest BCUT2D eigenvalue weighted by atomic mass is 9.79. The van der Waals surface area contributed by atoms with Gasteiger partial charge in [-0.3, -0.25) is 0 Å². The molecule has 2 atom stereocenters. The maximum atomic E-state index is 13.4. The SMILES string of the molecule is CN(C)c1ccccc1C1(O)CC2CCC(C1)N2C(=O)OCC1c2ccccc2-c2ccccc21. The van der Waals surface area contributed by atoms with E-state index in [2.05, 4.69) is 48.5 Å². The zero-order chi connectivity index (χ0) is 24.2. The Kier molecular flexibility index (Phi) is 5.33. The molecule has 1 aliphatic carbocycles. The van der Waals surface area contributed by atoms with Gasteiger partial charge in [0.15, 0.2) is 0 Å². The summed E-state index contributed by atoms with van der Waals surface area (Å²) in [6.45, 7) is 0.330. The smallest absolute Gasteiger partial charge is 0.410 e. The minimum absolute atomic E-state index is 0.00961. The number of fused-ring (bicyclic) bond motifs is 5. The van der Waals surface area contributed by atoms with Gasteiger partial charge in [0.05, 0.1) is 5.60 Å². The highest BCUT2D eigenvalue weighted by Gasteiger charge is 2.51. The second-order valence-electron chi connectivity index (χ2n) is 10.4. The van der Waals surface area contributed by atoms with Crippen molar-refractivity contribution in [2.75, 3.05) is 25.6 Å². The molecule has 180 valence electrons. The van der Waals surface area contributed by atoms with E-state index < -0.39 is 5.60 Å². The highest BCUT2D eigenvalue weighted by Crippen LogP contribution is 2.48. The summed E-state index contributed by atoms with van der Waals surface area (Å²) in [5.41, 5.74) is 5.94. The Morgan fingerprint density at radius 2 is 1.46 bits per heavy atom. The third kappa shape index (κ3) is 3.61. The van der Waals surface area contributed by atoms with Gasteiger partial charge in [-0.2, -0.15) is 0 Å². The molecule has 3 aliphatic rings. The molecule has 35 heavy (non-hydrogen) atoms. The van der Waals surface area contributed by atoms with Crippen LogP contribution in [0.2, 0.25) is 0 Å².